The molecule has 0 saturated heterocycles. The fourth-order valence-electron chi connectivity index (χ4n) is 2.71. The van der Waals surface area contributed by atoms with Crippen LogP contribution >= 0.6 is 0 Å². The summed E-state index contributed by atoms with van der Waals surface area (Å²) in [5, 5.41) is 0. The molecule has 0 spiro atoms. The second-order valence-electron chi connectivity index (χ2n) is 5.48. The van der Waals surface area contributed by atoms with Gasteiger partial charge in [0.15, 0.2) is 5.69 Å². The molecular weight excluding hydrogens is 335 g/mol. The van der Waals surface area contributed by atoms with Crippen LogP contribution in [0.25, 0.3) is 11.5 Å². The molecule has 2 aromatic carbocycles. The Hall–Kier alpha value is -3.22. The lowest BCUT2D eigenvalue weighted by molar-refractivity contribution is -0.137. The first-order valence-corrected chi connectivity index (χ1v) is 7.23. The number of carbonyl (C=O) groups is 2. The number of benzene rings is 2. The van der Waals surface area contributed by atoms with Gasteiger partial charge in [-0.3, -0.25) is 9.59 Å². The van der Waals surface area contributed by atoms with E-state index in [1.807, 2.05) is 0 Å². The minimum absolute atomic E-state index is 0.0360. The summed E-state index contributed by atoms with van der Waals surface area (Å²) in [6, 6.07) is 10.6. The van der Waals surface area contributed by atoms with Crippen LogP contribution in [0, 0.1) is 0 Å². The van der Waals surface area contributed by atoms with Gasteiger partial charge in [-0.25, -0.2) is 4.98 Å². The lowest BCUT2D eigenvalue weighted by Crippen LogP contribution is -2.19. The van der Waals surface area contributed by atoms with E-state index in [2.05, 4.69) is 4.98 Å². The largest absolute Gasteiger partial charge is 0.432 e. The summed E-state index contributed by atoms with van der Waals surface area (Å²) in [6.07, 6.45) is -4.52. The number of alkyl halides is 3. The molecule has 4 rings (SSSR count). The number of oxazole rings is 1. The van der Waals surface area contributed by atoms with Crippen molar-refractivity contribution in [3.05, 3.63) is 76.7 Å². The van der Waals surface area contributed by atoms with E-state index in [0.29, 0.717) is 0 Å². The zero-order valence-electron chi connectivity index (χ0n) is 12.4. The summed E-state index contributed by atoms with van der Waals surface area (Å²) in [6.45, 7) is 0. The number of aromatic nitrogens is 1. The smallest absolute Gasteiger partial charge is 0.416 e. The van der Waals surface area contributed by atoms with Crippen molar-refractivity contribution in [1.82, 2.24) is 4.98 Å². The lowest BCUT2D eigenvalue weighted by atomic mass is 9.91. The van der Waals surface area contributed by atoms with Crippen LogP contribution in [-0.4, -0.2) is 16.6 Å². The molecule has 0 amide bonds. The number of nitrogens with zero attached hydrogens (tertiary/aromatic N) is 1. The zero-order chi connectivity index (χ0) is 17.8. The van der Waals surface area contributed by atoms with Crippen LogP contribution in [0.5, 0.6) is 0 Å². The molecular formula is C18H8F3NO3. The Bertz CT molecular complexity index is 982. The zero-order valence-corrected chi connectivity index (χ0v) is 12.4. The fourth-order valence-corrected chi connectivity index (χ4v) is 2.71. The summed E-state index contributed by atoms with van der Waals surface area (Å²) in [5.41, 5.74) is -0.636. The molecule has 1 heterocycles. The third-order valence-corrected chi connectivity index (χ3v) is 3.90. The number of fused-ring (bicyclic) bond motifs is 2. The Morgan fingerprint density at radius 1 is 0.880 bits per heavy atom. The molecule has 0 N–H and O–H groups in total. The van der Waals surface area contributed by atoms with E-state index in [1.54, 1.807) is 12.1 Å². The number of hydrogen-bond donors (Lipinski definition) is 0. The van der Waals surface area contributed by atoms with Crippen molar-refractivity contribution in [3.63, 3.8) is 0 Å². The van der Waals surface area contributed by atoms with Gasteiger partial charge in [0, 0.05) is 16.7 Å². The van der Waals surface area contributed by atoms with E-state index >= 15 is 0 Å². The van der Waals surface area contributed by atoms with Gasteiger partial charge in [0.2, 0.25) is 23.2 Å². The number of rotatable bonds is 1. The van der Waals surface area contributed by atoms with Crippen molar-refractivity contribution in [2.75, 3.05) is 0 Å². The van der Waals surface area contributed by atoms with Crippen LogP contribution in [0.15, 0.2) is 52.9 Å². The molecule has 25 heavy (non-hydrogen) atoms. The molecule has 1 aliphatic carbocycles. The average Bonchev–Trinajstić information content (AvgIpc) is 3.05. The van der Waals surface area contributed by atoms with E-state index in [4.69, 9.17) is 4.42 Å². The molecule has 0 radical (unpaired) electrons. The van der Waals surface area contributed by atoms with Gasteiger partial charge < -0.3 is 4.42 Å². The number of ketones is 2. The maximum atomic E-state index is 12.9. The molecule has 1 aromatic heterocycles. The minimum Gasteiger partial charge on any atom is -0.432 e. The minimum atomic E-state index is -4.52. The lowest BCUT2D eigenvalue weighted by Gasteiger charge is -2.10. The highest BCUT2D eigenvalue weighted by Crippen LogP contribution is 2.34. The van der Waals surface area contributed by atoms with Crippen molar-refractivity contribution in [2.45, 2.75) is 6.18 Å². The summed E-state index contributed by atoms with van der Waals surface area (Å²) < 4.78 is 43.9. The van der Waals surface area contributed by atoms with Crippen LogP contribution < -0.4 is 0 Å². The molecule has 0 unspecified atom stereocenters. The molecule has 0 atom stereocenters. The Morgan fingerprint density at radius 3 is 2.24 bits per heavy atom. The van der Waals surface area contributed by atoms with E-state index in [1.165, 1.54) is 24.3 Å². The molecule has 4 nitrogen and oxygen atoms in total. The molecule has 124 valence electrons. The Morgan fingerprint density at radius 2 is 1.56 bits per heavy atom. The summed E-state index contributed by atoms with van der Waals surface area (Å²) in [4.78, 5) is 28.9. The van der Waals surface area contributed by atoms with Crippen molar-refractivity contribution in [2.24, 2.45) is 0 Å². The topological polar surface area (TPSA) is 60.2 Å². The predicted octanol–water partition coefficient (Wildman–Crippen LogP) is 4.14. The number of carbonyl (C=O) groups excluding carboxylic acids is 2. The van der Waals surface area contributed by atoms with Crippen molar-refractivity contribution in [1.29, 1.82) is 0 Å². The maximum absolute atomic E-state index is 12.9. The first-order valence-electron chi connectivity index (χ1n) is 7.23. The van der Waals surface area contributed by atoms with Crippen LogP contribution in [0.3, 0.4) is 0 Å². The molecule has 0 bridgehead atoms. The van der Waals surface area contributed by atoms with Crippen molar-refractivity contribution < 1.29 is 27.2 Å². The number of halogens is 3. The standard InChI is InChI=1S/C18H8F3NO3/c19-18(20,21)10-5-3-4-9(8-10)17-22-13-14(23)11-6-1-2-7-12(11)15(24)16(13)25-17/h1-8H. The second kappa shape index (κ2) is 5.14. The molecule has 3 aromatic rings. The predicted molar refractivity (Wildman–Crippen MR) is 80.2 cm³/mol. The third kappa shape index (κ3) is 2.36. The summed E-state index contributed by atoms with van der Waals surface area (Å²) in [5.74, 6) is -1.47. The van der Waals surface area contributed by atoms with Crippen LogP contribution in [0.1, 0.15) is 37.7 Å². The molecule has 1 aliphatic rings. The average molecular weight is 343 g/mol. The summed E-state index contributed by atoms with van der Waals surface area (Å²) in [7, 11) is 0. The van der Waals surface area contributed by atoms with Gasteiger partial charge in [0.1, 0.15) is 0 Å². The Balaban J connectivity index is 1.84. The second-order valence-corrected chi connectivity index (χ2v) is 5.48. The molecule has 0 fully saturated rings. The highest BCUT2D eigenvalue weighted by molar-refractivity contribution is 6.26. The van der Waals surface area contributed by atoms with Crippen LogP contribution in [0.2, 0.25) is 0 Å². The van der Waals surface area contributed by atoms with Gasteiger partial charge in [0.05, 0.1) is 5.56 Å². The van der Waals surface area contributed by atoms with Gasteiger partial charge in [-0.05, 0) is 18.2 Å². The number of hydrogen-bond acceptors (Lipinski definition) is 4. The Kier molecular flexibility index (Phi) is 3.15. The van der Waals surface area contributed by atoms with Crippen molar-refractivity contribution in [3.8, 4) is 11.5 Å². The van der Waals surface area contributed by atoms with Crippen molar-refractivity contribution >= 4 is 11.6 Å². The quantitative estimate of drug-likeness (QED) is 0.521. The fraction of sp³-hybridized carbons (Fsp3) is 0.0556. The SMILES string of the molecule is O=C1c2ccccc2C(=O)c2oc(-c3cccc(C(F)(F)F)c3)nc21. The van der Waals surface area contributed by atoms with E-state index in [-0.39, 0.29) is 34.0 Å². The van der Waals surface area contributed by atoms with Crippen LogP contribution in [-0.2, 0) is 6.18 Å². The third-order valence-electron chi connectivity index (χ3n) is 3.90. The van der Waals surface area contributed by atoms with Gasteiger partial charge in [-0.1, -0.05) is 30.3 Å². The van der Waals surface area contributed by atoms with E-state index in [0.717, 1.165) is 12.1 Å². The summed E-state index contributed by atoms with van der Waals surface area (Å²) >= 11 is 0. The van der Waals surface area contributed by atoms with E-state index in [9.17, 15) is 22.8 Å². The molecule has 7 heteroatoms. The van der Waals surface area contributed by atoms with Gasteiger partial charge in [0.25, 0.3) is 0 Å². The normalized spacial score (nSPS) is 13.6. The van der Waals surface area contributed by atoms with Gasteiger partial charge >= 0.3 is 6.18 Å². The molecule has 0 saturated carbocycles. The highest BCUT2D eigenvalue weighted by atomic mass is 19.4. The highest BCUT2D eigenvalue weighted by Gasteiger charge is 2.36. The monoisotopic (exact) mass is 343 g/mol. The molecule has 0 aliphatic heterocycles. The van der Waals surface area contributed by atoms with Gasteiger partial charge in [-0.2, -0.15) is 13.2 Å². The first kappa shape index (κ1) is 15.3. The van der Waals surface area contributed by atoms with Crippen LogP contribution in [0.4, 0.5) is 13.2 Å². The Labute approximate surface area is 138 Å². The van der Waals surface area contributed by atoms with E-state index < -0.39 is 23.3 Å². The van der Waals surface area contributed by atoms with Gasteiger partial charge in [-0.15, -0.1) is 0 Å². The first-order chi connectivity index (χ1) is 11.9. The maximum Gasteiger partial charge on any atom is 0.416 e.